The van der Waals surface area contributed by atoms with Gasteiger partial charge in [-0.05, 0) is 67.8 Å². The lowest BCUT2D eigenvalue weighted by Crippen LogP contribution is -2.38. The first kappa shape index (κ1) is 31.3. The first-order valence-corrected chi connectivity index (χ1v) is 15.7. The van der Waals surface area contributed by atoms with Gasteiger partial charge in [-0.1, -0.05) is 29.8 Å². The van der Waals surface area contributed by atoms with E-state index in [9.17, 15) is 9.18 Å². The molecule has 1 aliphatic rings. The predicted octanol–water partition coefficient (Wildman–Crippen LogP) is 6.81. The molecule has 1 saturated heterocycles. The van der Waals surface area contributed by atoms with Crippen LogP contribution in [0.15, 0.2) is 79.3 Å². The Bertz CT molecular complexity index is 1860. The van der Waals surface area contributed by atoms with E-state index in [2.05, 4.69) is 25.9 Å². The molecule has 0 unspecified atom stereocenters. The molecule has 11 heteroatoms. The molecule has 3 heterocycles. The monoisotopic (exact) mass is 643 g/mol. The van der Waals surface area contributed by atoms with E-state index in [1.165, 1.54) is 6.07 Å². The topological polar surface area (TPSA) is 94.6 Å². The molecule has 1 aliphatic heterocycles. The van der Waals surface area contributed by atoms with Gasteiger partial charge in [0.05, 0.1) is 36.1 Å². The molecule has 0 spiro atoms. The summed E-state index contributed by atoms with van der Waals surface area (Å²) in [6.07, 6.45) is 8.23. The molecule has 0 aliphatic carbocycles. The quantitative estimate of drug-likeness (QED) is 0.149. The number of aryl methyl sites for hydroxylation is 1. The van der Waals surface area contributed by atoms with Crippen LogP contribution in [-0.2, 0) is 31.0 Å². The van der Waals surface area contributed by atoms with Gasteiger partial charge in [-0.2, -0.15) is 0 Å². The van der Waals surface area contributed by atoms with Crippen molar-refractivity contribution >= 4 is 34.7 Å². The van der Waals surface area contributed by atoms with E-state index in [1.807, 2.05) is 55.0 Å². The molecule has 0 saturated carbocycles. The molecule has 1 fully saturated rings. The van der Waals surface area contributed by atoms with Crippen LogP contribution in [0.3, 0.4) is 0 Å². The van der Waals surface area contributed by atoms with Crippen LogP contribution in [0.25, 0.3) is 17.1 Å². The normalized spacial score (nSPS) is 14.3. The number of aromatic nitrogens is 4. The molecule has 0 bridgehead atoms. The fourth-order valence-corrected chi connectivity index (χ4v) is 5.86. The summed E-state index contributed by atoms with van der Waals surface area (Å²) in [6.45, 7) is 5.97. The fourth-order valence-electron chi connectivity index (χ4n) is 5.70. The maximum absolute atomic E-state index is 14.1. The Morgan fingerprint density at radius 1 is 1.09 bits per heavy atom. The van der Waals surface area contributed by atoms with Gasteiger partial charge < -0.3 is 23.7 Å². The third-order valence-corrected chi connectivity index (χ3v) is 8.38. The first-order valence-electron chi connectivity index (χ1n) is 15.3. The molecule has 3 aromatic carbocycles. The van der Waals surface area contributed by atoms with Gasteiger partial charge >= 0.3 is 5.97 Å². The lowest BCUT2D eigenvalue weighted by molar-refractivity contribution is -0.131. The number of imidazole rings is 2. The average molecular weight is 644 g/mol. The Labute approximate surface area is 271 Å². The summed E-state index contributed by atoms with van der Waals surface area (Å²) in [4.78, 5) is 22.8. The van der Waals surface area contributed by atoms with Crippen molar-refractivity contribution in [2.24, 2.45) is 0 Å². The number of nitrogens with zero attached hydrogens (tertiary/aromatic N) is 5. The van der Waals surface area contributed by atoms with Gasteiger partial charge in [0.25, 0.3) is 0 Å². The number of benzene rings is 3. The number of hydrogen-bond acceptors (Lipinski definition) is 6. The third kappa shape index (κ3) is 7.58. The van der Waals surface area contributed by atoms with E-state index in [-0.39, 0.29) is 12.7 Å². The zero-order valence-corrected chi connectivity index (χ0v) is 26.2. The standard InChI is InChI=1S/C35H35ClFN5O4/c1-2-41-23-38-19-27(41)20-42-33-16-24(7-11-35(43)44)6-10-32(33)39-34(42)21-40-14-12-28(13-15-40)46-30-5-3-4-29(18-30)45-22-25-8-9-26(36)17-31(25)37/h3-11,16-19,23,28H,2,12-15,20-22H2,1H3,(H,43,44)/b11-7+. The van der Waals surface area contributed by atoms with Crippen molar-refractivity contribution < 1.29 is 23.8 Å². The number of ether oxygens (including phenoxy) is 2. The van der Waals surface area contributed by atoms with Crippen molar-refractivity contribution in [1.29, 1.82) is 0 Å². The molecule has 9 nitrogen and oxygen atoms in total. The van der Waals surface area contributed by atoms with Gasteiger partial charge in [0, 0.05) is 48.6 Å². The van der Waals surface area contributed by atoms with E-state index < -0.39 is 11.8 Å². The van der Waals surface area contributed by atoms with Crippen LogP contribution in [-0.4, -0.2) is 54.3 Å². The number of fused-ring (bicyclic) bond motifs is 1. The number of piperidine rings is 1. The summed E-state index contributed by atoms with van der Waals surface area (Å²) >= 11 is 5.85. The lowest BCUT2D eigenvalue weighted by atomic mass is 10.1. The molecule has 6 rings (SSSR count). The van der Waals surface area contributed by atoms with Gasteiger partial charge in [0.2, 0.25) is 0 Å². The number of halogens is 2. The summed E-state index contributed by atoms with van der Waals surface area (Å²) in [5.74, 6) is 0.885. The summed E-state index contributed by atoms with van der Waals surface area (Å²) in [7, 11) is 0. The molecule has 2 aromatic heterocycles. The third-order valence-electron chi connectivity index (χ3n) is 8.15. The highest BCUT2D eigenvalue weighted by Crippen LogP contribution is 2.27. The Morgan fingerprint density at radius 3 is 2.70 bits per heavy atom. The summed E-state index contributed by atoms with van der Waals surface area (Å²) in [5, 5.41) is 9.45. The van der Waals surface area contributed by atoms with Crippen molar-refractivity contribution in [2.75, 3.05) is 13.1 Å². The first-order chi connectivity index (χ1) is 22.3. The number of likely N-dealkylation sites (tertiary alicyclic amines) is 1. The molecule has 238 valence electrons. The highest BCUT2D eigenvalue weighted by molar-refractivity contribution is 6.30. The van der Waals surface area contributed by atoms with Crippen LogP contribution in [0.2, 0.25) is 5.02 Å². The fraction of sp³-hybridized carbons (Fsp3) is 0.286. The van der Waals surface area contributed by atoms with Gasteiger partial charge in [0.15, 0.2) is 0 Å². The van der Waals surface area contributed by atoms with Crippen LogP contribution in [0.4, 0.5) is 4.39 Å². The van der Waals surface area contributed by atoms with Crippen LogP contribution in [0, 0.1) is 5.82 Å². The minimum atomic E-state index is -0.986. The Morgan fingerprint density at radius 2 is 1.91 bits per heavy atom. The van der Waals surface area contributed by atoms with Crippen LogP contribution >= 0.6 is 11.6 Å². The number of carboxylic acids is 1. The Kier molecular flexibility index (Phi) is 9.65. The largest absolute Gasteiger partial charge is 0.490 e. The second-order valence-electron chi connectivity index (χ2n) is 11.3. The van der Waals surface area contributed by atoms with Crippen LogP contribution in [0.5, 0.6) is 11.5 Å². The minimum Gasteiger partial charge on any atom is -0.490 e. The van der Waals surface area contributed by atoms with E-state index in [0.717, 1.165) is 72.4 Å². The molecular weight excluding hydrogens is 609 g/mol. The molecule has 0 atom stereocenters. The molecule has 5 aromatic rings. The Hall–Kier alpha value is -4.67. The van der Waals surface area contributed by atoms with Crippen LogP contribution in [0.1, 0.15) is 42.4 Å². The molecule has 0 radical (unpaired) electrons. The zero-order valence-electron chi connectivity index (χ0n) is 25.5. The van der Waals surface area contributed by atoms with Gasteiger partial charge in [-0.25, -0.2) is 19.2 Å². The van der Waals surface area contributed by atoms with Crippen molar-refractivity contribution in [3.63, 3.8) is 0 Å². The number of rotatable bonds is 12. The van der Waals surface area contributed by atoms with Gasteiger partial charge in [-0.15, -0.1) is 0 Å². The molecular formula is C35H35ClFN5O4. The van der Waals surface area contributed by atoms with E-state index in [1.54, 1.807) is 18.2 Å². The van der Waals surface area contributed by atoms with E-state index in [0.29, 0.717) is 29.4 Å². The highest BCUT2D eigenvalue weighted by atomic mass is 35.5. The summed E-state index contributed by atoms with van der Waals surface area (Å²) in [5.41, 5.74) is 4.13. The smallest absolute Gasteiger partial charge is 0.328 e. The number of aliphatic carboxylic acids is 1. The predicted molar refractivity (Wildman–Crippen MR) is 175 cm³/mol. The minimum absolute atomic E-state index is 0.0570. The van der Waals surface area contributed by atoms with Gasteiger partial charge in [0.1, 0.15) is 35.9 Å². The SMILES string of the molecule is CCn1cncc1Cn1c(CN2CCC(Oc3cccc(OCc4ccc(Cl)cc4F)c3)CC2)nc2ccc(/C=C/C(=O)O)cc21. The maximum Gasteiger partial charge on any atom is 0.328 e. The Balaban J connectivity index is 1.11. The van der Waals surface area contributed by atoms with E-state index in [4.69, 9.17) is 31.2 Å². The number of hydrogen-bond donors (Lipinski definition) is 1. The molecule has 46 heavy (non-hydrogen) atoms. The van der Waals surface area contributed by atoms with Crippen molar-refractivity contribution in [3.8, 4) is 11.5 Å². The summed E-state index contributed by atoms with van der Waals surface area (Å²) in [6, 6.07) is 17.8. The second kappa shape index (κ2) is 14.2. The lowest BCUT2D eigenvalue weighted by Gasteiger charge is -2.32. The number of carbonyl (C=O) groups is 1. The second-order valence-corrected chi connectivity index (χ2v) is 11.7. The summed E-state index contributed by atoms with van der Waals surface area (Å²) < 4.78 is 30.6. The average Bonchev–Trinajstić information content (AvgIpc) is 3.64. The van der Waals surface area contributed by atoms with Crippen molar-refractivity contribution in [3.05, 3.63) is 113 Å². The highest BCUT2D eigenvalue weighted by Gasteiger charge is 2.23. The molecule has 0 amide bonds. The van der Waals surface area contributed by atoms with Crippen LogP contribution < -0.4 is 9.47 Å². The molecule has 1 N–H and O–H groups in total. The van der Waals surface area contributed by atoms with Gasteiger partial charge in [-0.3, -0.25) is 4.90 Å². The van der Waals surface area contributed by atoms with Crippen molar-refractivity contribution in [1.82, 2.24) is 24.0 Å². The zero-order chi connectivity index (χ0) is 32.0. The number of carboxylic acid groups (broad SMARTS) is 1. The maximum atomic E-state index is 14.1. The van der Waals surface area contributed by atoms with Crippen molar-refractivity contribution in [2.45, 2.75) is 52.1 Å². The van der Waals surface area contributed by atoms with E-state index >= 15 is 0 Å².